The van der Waals surface area contributed by atoms with Gasteiger partial charge in [-0.25, -0.2) is 19.2 Å². The van der Waals surface area contributed by atoms with Crippen LogP contribution in [-0.4, -0.2) is 37.1 Å². The summed E-state index contributed by atoms with van der Waals surface area (Å²) in [6, 6.07) is 17.7. The standard InChI is InChI=1S/C26H22O8/c1-3-31-23(27)17-8-12-21(13-9-17)33-25(29)19-6-5-7-20(16-19)26(30)34-22-14-10-18(11-15-22)24(28)32-4-2/h5-16H,3-4H2,1-2H3. The molecule has 8 heteroatoms. The van der Waals surface area contributed by atoms with Crippen LogP contribution in [0, 0.1) is 0 Å². The van der Waals surface area contributed by atoms with Crippen LogP contribution in [0.1, 0.15) is 55.3 Å². The van der Waals surface area contributed by atoms with Crippen molar-refractivity contribution in [1.29, 1.82) is 0 Å². The number of rotatable bonds is 8. The molecule has 0 saturated heterocycles. The fraction of sp³-hybridized carbons (Fsp3) is 0.154. The summed E-state index contributed by atoms with van der Waals surface area (Å²) in [4.78, 5) is 48.4. The summed E-state index contributed by atoms with van der Waals surface area (Å²) in [7, 11) is 0. The molecule has 0 aliphatic rings. The molecule has 0 aromatic heterocycles. The molecular weight excluding hydrogens is 440 g/mol. The lowest BCUT2D eigenvalue weighted by Gasteiger charge is -2.08. The van der Waals surface area contributed by atoms with Crippen molar-refractivity contribution >= 4 is 23.9 Å². The zero-order chi connectivity index (χ0) is 24.5. The topological polar surface area (TPSA) is 105 Å². The van der Waals surface area contributed by atoms with E-state index in [4.69, 9.17) is 18.9 Å². The van der Waals surface area contributed by atoms with Crippen LogP contribution in [0.15, 0.2) is 72.8 Å². The molecule has 0 saturated carbocycles. The first-order chi connectivity index (χ1) is 16.4. The minimum Gasteiger partial charge on any atom is -0.462 e. The van der Waals surface area contributed by atoms with Crippen LogP contribution in [0.5, 0.6) is 11.5 Å². The molecule has 0 aliphatic heterocycles. The van der Waals surface area contributed by atoms with Crippen LogP contribution in [0.2, 0.25) is 0 Å². The third kappa shape index (κ3) is 6.29. The second kappa shape index (κ2) is 11.4. The second-order valence-corrected chi connectivity index (χ2v) is 6.85. The van der Waals surface area contributed by atoms with E-state index in [-0.39, 0.29) is 35.8 Å². The van der Waals surface area contributed by atoms with Gasteiger partial charge in [-0.15, -0.1) is 0 Å². The summed E-state index contributed by atoms with van der Waals surface area (Å²) in [5, 5.41) is 0. The Balaban J connectivity index is 1.64. The number of carbonyl (C=O) groups excluding carboxylic acids is 4. The highest BCUT2D eigenvalue weighted by molar-refractivity contribution is 5.97. The lowest BCUT2D eigenvalue weighted by Crippen LogP contribution is -2.13. The van der Waals surface area contributed by atoms with Gasteiger partial charge in [-0.1, -0.05) is 6.07 Å². The largest absolute Gasteiger partial charge is 0.462 e. The van der Waals surface area contributed by atoms with Gasteiger partial charge in [-0.2, -0.15) is 0 Å². The van der Waals surface area contributed by atoms with Crippen molar-refractivity contribution in [3.63, 3.8) is 0 Å². The van der Waals surface area contributed by atoms with Gasteiger partial charge >= 0.3 is 23.9 Å². The molecule has 0 unspecified atom stereocenters. The Morgan fingerprint density at radius 2 is 0.912 bits per heavy atom. The van der Waals surface area contributed by atoms with Gasteiger partial charge < -0.3 is 18.9 Å². The highest BCUT2D eigenvalue weighted by atomic mass is 16.5. The zero-order valence-corrected chi connectivity index (χ0v) is 18.6. The molecule has 0 heterocycles. The minimum atomic E-state index is -0.683. The maximum absolute atomic E-state index is 12.5. The predicted molar refractivity (Wildman–Crippen MR) is 121 cm³/mol. The summed E-state index contributed by atoms with van der Waals surface area (Å²) >= 11 is 0. The smallest absolute Gasteiger partial charge is 0.343 e. The lowest BCUT2D eigenvalue weighted by molar-refractivity contribution is 0.0516. The molecule has 0 radical (unpaired) electrons. The van der Waals surface area contributed by atoms with Crippen LogP contribution in [0.25, 0.3) is 0 Å². The Kier molecular flexibility index (Phi) is 8.12. The van der Waals surface area contributed by atoms with Gasteiger partial charge in [-0.05, 0) is 80.6 Å². The molecule has 0 aliphatic carbocycles. The highest BCUT2D eigenvalue weighted by Gasteiger charge is 2.15. The second-order valence-electron chi connectivity index (χ2n) is 6.85. The van der Waals surface area contributed by atoms with Crippen LogP contribution < -0.4 is 9.47 Å². The van der Waals surface area contributed by atoms with Gasteiger partial charge in [0.15, 0.2) is 0 Å². The average molecular weight is 462 g/mol. The van der Waals surface area contributed by atoms with E-state index in [2.05, 4.69) is 0 Å². The number of ether oxygens (including phenoxy) is 4. The Hall–Kier alpha value is -4.46. The van der Waals surface area contributed by atoms with Gasteiger partial charge in [0, 0.05) is 0 Å². The third-order valence-electron chi connectivity index (χ3n) is 4.49. The van der Waals surface area contributed by atoms with E-state index in [1.807, 2.05) is 0 Å². The fourth-order valence-corrected chi connectivity index (χ4v) is 2.85. The zero-order valence-electron chi connectivity index (χ0n) is 18.6. The molecule has 0 amide bonds. The highest BCUT2D eigenvalue weighted by Crippen LogP contribution is 2.18. The summed E-state index contributed by atoms with van der Waals surface area (Å²) < 4.78 is 20.5. The Morgan fingerprint density at radius 3 is 1.26 bits per heavy atom. The first-order valence-electron chi connectivity index (χ1n) is 10.5. The predicted octanol–water partition coefficient (Wildman–Crippen LogP) is 4.48. The molecule has 0 fully saturated rings. The number of hydrogen-bond donors (Lipinski definition) is 0. The summed E-state index contributed by atoms with van der Waals surface area (Å²) in [5.41, 5.74) is 0.950. The van der Waals surface area contributed by atoms with E-state index in [0.29, 0.717) is 11.1 Å². The molecule has 3 rings (SSSR count). The molecule has 0 bridgehead atoms. The third-order valence-corrected chi connectivity index (χ3v) is 4.49. The first-order valence-corrected chi connectivity index (χ1v) is 10.5. The van der Waals surface area contributed by atoms with Gasteiger partial charge in [-0.3, -0.25) is 0 Å². The molecule has 34 heavy (non-hydrogen) atoms. The van der Waals surface area contributed by atoms with E-state index in [1.54, 1.807) is 13.8 Å². The minimum absolute atomic E-state index is 0.140. The number of carbonyl (C=O) groups is 4. The summed E-state index contributed by atoms with van der Waals surface area (Å²) in [6.45, 7) is 3.93. The molecule has 0 atom stereocenters. The van der Waals surface area contributed by atoms with E-state index in [1.165, 1.54) is 72.8 Å². The Morgan fingerprint density at radius 1 is 0.529 bits per heavy atom. The number of benzene rings is 3. The molecule has 3 aromatic carbocycles. The summed E-state index contributed by atoms with van der Waals surface area (Å²) in [6.07, 6.45) is 0. The van der Waals surface area contributed by atoms with Crippen LogP contribution >= 0.6 is 0 Å². The maximum Gasteiger partial charge on any atom is 0.343 e. The fourth-order valence-electron chi connectivity index (χ4n) is 2.85. The quantitative estimate of drug-likeness (QED) is 0.356. The van der Waals surface area contributed by atoms with E-state index in [9.17, 15) is 19.2 Å². The average Bonchev–Trinajstić information content (AvgIpc) is 2.85. The normalized spacial score (nSPS) is 10.2. The van der Waals surface area contributed by atoms with Crippen molar-refractivity contribution in [1.82, 2.24) is 0 Å². The monoisotopic (exact) mass is 462 g/mol. The Labute approximate surface area is 196 Å². The SMILES string of the molecule is CCOC(=O)c1ccc(OC(=O)c2cccc(C(=O)Oc3ccc(C(=O)OCC)cc3)c2)cc1. The van der Waals surface area contributed by atoms with Gasteiger partial charge in [0.25, 0.3) is 0 Å². The van der Waals surface area contributed by atoms with E-state index in [0.717, 1.165) is 0 Å². The van der Waals surface area contributed by atoms with Gasteiger partial charge in [0.2, 0.25) is 0 Å². The van der Waals surface area contributed by atoms with E-state index < -0.39 is 23.9 Å². The van der Waals surface area contributed by atoms with Crippen LogP contribution in [0.4, 0.5) is 0 Å². The van der Waals surface area contributed by atoms with Gasteiger partial charge in [0.1, 0.15) is 11.5 Å². The van der Waals surface area contributed by atoms with Crippen molar-refractivity contribution in [2.24, 2.45) is 0 Å². The molecule has 0 spiro atoms. The number of hydrogen-bond acceptors (Lipinski definition) is 8. The molecule has 8 nitrogen and oxygen atoms in total. The van der Waals surface area contributed by atoms with Crippen molar-refractivity contribution in [3.05, 3.63) is 95.1 Å². The first kappa shape index (κ1) is 24.2. The molecule has 0 N–H and O–H groups in total. The lowest BCUT2D eigenvalue weighted by atomic mass is 10.1. The van der Waals surface area contributed by atoms with Crippen molar-refractivity contribution < 1.29 is 38.1 Å². The van der Waals surface area contributed by atoms with Crippen molar-refractivity contribution in [2.45, 2.75) is 13.8 Å². The molecule has 3 aromatic rings. The van der Waals surface area contributed by atoms with Crippen LogP contribution in [-0.2, 0) is 9.47 Å². The van der Waals surface area contributed by atoms with Crippen molar-refractivity contribution in [3.8, 4) is 11.5 Å². The maximum atomic E-state index is 12.5. The molecular formula is C26H22O8. The van der Waals surface area contributed by atoms with Crippen molar-refractivity contribution in [2.75, 3.05) is 13.2 Å². The van der Waals surface area contributed by atoms with Crippen LogP contribution in [0.3, 0.4) is 0 Å². The summed E-state index contributed by atoms with van der Waals surface area (Å²) in [5.74, 6) is -1.85. The Bertz CT molecular complexity index is 1090. The number of esters is 4. The van der Waals surface area contributed by atoms with E-state index >= 15 is 0 Å². The van der Waals surface area contributed by atoms with Gasteiger partial charge in [0.05, 0.1) is 35.5 Å². The molecule has 174 valence electrons.